The second kappa shape index (κ2) is 6.06. The summed E-state index contributed by atoms with van der Waals surface area (Å²) in [6.45, 7) is 0. The summed E-state index contributed by atoms with van der Waals surface area (Å²) in [5.41, 5.74) is 0.670. The number of azo groups is 1. The van der Waals surface area contributed by atoms with Gasteiger partial charge in [0, 0.05) is 0 Å². The summed E-state index contributed by atoms with van der Waals surface area (Å²) in [4.78, 5) is 0. The molecule has 0 unspecified atom stereocenters. The number of hydrogen-bond donors (Lipinski definition) is 0. The molecule has 1 aromatic rings. The molecule has 2 nitrogen and oxygen atoms in total. The van der Waals surface area contributed by atoms with Gasteiger partial charge in [-0.3, -0.25) is 0 Å². The summed E-state index contributed by atoms with van der Waals surface area (Å²) in [5, 5.41) is 7.99. The van der Waals surface area contributed by atoms with Gasteiger partial charge in [-0.15, -0.1) is 23.5 Å². The van der Waals surface area contributed by atoms with E-state index in [1.807, 2.05) is 23.5 Å². The van der Waals surface area contributed by atoms with Crippen molar-refractivity contribution in [2.45, 2.75) is 6.42 Å². The molecular weight excluding hydrogens is 243 g/mol. The van der Waals surface area contributed by atoms with Crippen LogP contribution in [0.25, 0.3) is 0 Å². The molecule has 0 N–H and O–H groups in total. The summed E-state index contributed by atoms with van der Waals surface area (Å²) < 4.78 is 13.8. The highest BCUT2D eigenvalue weighted by Gasteiger charge is 2.05. The van der Waals surface area contributed by atoms with Crippen molar-refractivity contribution in [3.8, 4) is 0 Å². The lowest BCUT2D eigenvalue weighted by Crippen LogP contribution is -1.90. The van der Waals surface area contributed by atoms with Crippen LogP contribution < -0.4 is 0 Å². The van der Waals surface area contributed by atoms with E-state index in [1.165, 1.54) is 22.8 Å². The van der Waals surface area contributed by atoms with Gasteiger partial charge in [0.2, 0.25) is 0 Å². The minimum atomic E-state index is -0.254. The summed E-state index contributed by atoms with van der Waals surface area (Å²) in [5.74, 6) is 2.06. The van der Waals surface area contributed by atoms with Crippen molar-refractivity contribution in [1.29, 1.82) is 0 Å². The highest BCUT2D eigenvalue weighted by atomic mass is 32.2. The lowest BCUT2D eigenvalue weighted by atomic mass is 10.3. The molecule has 16 heavy (non-hydrogen) atoms. The van der Waals surface area contributed by atoms with Crippen molar-refractivity contribution in [3.05, 3.63) is 40.5 Å². The first-order chi connectivity index (χ1) is 7.84. The van der Waals surface area contributed by atoms with Crippen LogP contribution in [0.5, 0.6) is 0 Å². The number of benzene rings is 1. The van der Waals surface area contributed by atoms with Gasteiger partial charge in [-0.25, -0.2) is 4.39 Å². The maximum absolute atomic E-state index is 12.6. The van der Waals surface area contributed by atoms with Gasteiger partial charge in [0.15, 0.2) is 0 Å². The van der Waals surface area contributed by atoms with E-state index in [2.05, 4.69) is 10.2 Å². The van der Waals surface area contributed by atoms with Crippen molar-refractivity contribution in [3.63, 3.8) is 0 Å². The Hall–Kier alpha value is -0.810. The van der Waals surface area contributed by atoms with E-state index in [0.717, 1.165) is 11.5 Å². The highest BCUT2D eigenvalue weighted by Crippen LogP contribution is 2.34. The average molecular weight is 254 g/mol. The third kappa shape index (κ3) is 3.64. The molecule has 1 aliphatic heterocycles. The monoisotopic (exact) mass is 254 g/mol. The molecular formula is C11H11FN2S2. The average Bonchev–Trinajstić information content (AvgIpc) is 2.33. The molecule has 0 bridgehead atoms. The topological polar surface area (TPSA) is 24.7 Å². The zero-order chi connectivity index (χ0) is 11.2. The Bertz CT molecular complexity index is 393. The van der Waals surface area contributed by atoms with Crippen LogP contribution in [0.1, 0.15) is 6.42 Å². The molecule has 0 saturated carbocycles. The number of nitrogens with zero attached hydrogens (tertiary/aromatic N) is 2. The van der Waals surface area contributed by atoms with E-state index in [-0.39, 0.29) is 5.82 Å². The van der Waals surface area contributed by atoms with E-state index < -0.39 is 0 Å². The molecule has 0 aromatic heterocycles. The highest BCUT2D eigenvalue weighted by molar-refractivity contribution is 8.22. The first-order valence-electron chi connectivity index (χ1n) is 4.97. The summed E-state index contributed by atoms with van der Waals surface area (Å²) >= 11 is 3.62. The van der Waals surface area contributed by atoms with E-state index in [9.17, 15) is 4.39 Å². The lowest BCUT2D eigenvalue weighted by Gasteiger charge is -2.10. The minimum Gasteiger partial charge on any atom is -0.207 e. The van der Waals surface area contributed by atoms with Gasteiger partial charge < -0.3 is 0 Å². The maximum Gasteiger partial charge on any atom is 0.123 e. The van der Waals surface area contributed by atoms with Crippen molar-refractivity contribution in [1.82, 2.24) is 0 Å². The second-order valence-corrected chi connectivity index (χ2v) is 5.72. The quantitative estimate of drug-likeness (QED) is 0.722. The third-order valence-corrected chi connectivity index (χ3v) is 4.41. The molecule has 1 aliphatic rings. The van der Waals surface area contributed by atoms with Crippen LogP contribution in [0.2, 0.25) is 0 Å². The second-order valence-electron chi connectivity index (χ2n) is 3.19. The molecule has 5 heteroatoms. The van der Waals surface area contributed by atoms with Gasteiger partial charge in [0.25, 0.3) is 0 Å². The molecule has 1 heterocycles. The zero-order valence-corrected chi connectivity index (χ0v) is 10.2. The SMILES string of the molecule is Fc1ccc(N=NC=C2SCCCS2)cc1. The molecule has 0 radical (unpaired) electrons. The molecule has 1 saturated heterocycles. The van der Waals surface area contributed by atoms with E-state index in [4.69, 9.17) is 0 Å². The van der Waals surface area contributed by atoms with Gasteiger partial charge in [0.1, 0.15) is 5.82 Å². The van der Waals surface area contributed by atoms with Crippen molar-refractivity contribution in [2.75, 3.05) is 11.5 Å². The fourth-order valence-electron chi connectivity index (χ4n) is 1.17. The van der Waals surface area contributed by atoms with Crippen molar-refractivity contribution in [2.24, 2.45) is 10.2 Å². The van der Waals surface area contributed by atoms with E-state index in [1.54, 1.807) is 18.3 Å². The molecule has 0 atom stereocenters. The molecule has 0 amide bonds. The summed E-state index contributed by atoms with van der Waals surface area (Å²) in [7, 11) is 0. The zero-order valence-electron chi connectivity index (χ0n) is 8.60. The lowest BCUT2D eigenvalue weighted by molar-refractivity contribution is 0.628. The predicted octanol–water partition coefficient (Wildman–Crippen LogP) is 4.58. The smallest absolute Gasteiger partial charge is 0.123 e. The standard InChI is InChI=1S/C11H11FN2S2/c12-9-2-4-10(5-3-9)14-13-8-11-15-6-1-7-16-11/h2-5,8H,1,6-7H2. The van der Waals surface area contributed by atoms with E-state index >= 15 is 0 Å². The largest absolute Gasteiger partial charge is 0.207 e. The van der Waals surface area contributed by atoms with Gasteiger partial charge in [-0.1, -0.05) is 0 Å². The Kier molecular flexibility index (Phi) is 4.42. The van der Waals surface area contributed by atoms with Crippen LogP contribution in [0, 0.1) is 5.82 Å². The molecule has 84 valence electrons. The Morgan fingerprint density at radius 3 is 2.50 bits per heavy atom. The number of thioether (sulfide) groups is 2. The van der Waals surface area contributed by atoms with Gasteiger partial charge in [-0.05, 0) is 42.2 Å². The van der Waals surface area contributed by atoms with Gasteiger partial charge in [0.05, 0.1) is 16.1 Å². The van der Waals surface area contributed by atoms with Crippen molar-refractivity contribution >= 4 is 29.2 Å². The number of halogens is 1. The van der Waals surface area contributed by atoms with Crippen LogP contribution in [-0.4, -0.2) is 11.5 Å². The van der Waals surface area contributed by atoms with E-state index in [0.29, 0.717) is 5.69 Å². The van der Waals surface area contributed by atoms with Gasteiger partial charge >= 0.3 is 0 Å². The number of rotatable bonds is 2. The Morgan fingerprint density at radius 2 is 1.81 bits per heavy atom. The first-order valence-corrected chi connectivity index (χ1v) is 6.94. The fraction of sp³-hybridized carbons (Fsp3) is 0.273. The Labute approximate surface area is 102 Å². The normalized spacial score (nSPS) is 16.7. The molecule has 1 fully saturated rings. The predicted molar refractivity (Wildman–Crippen MR) is 68.5 cm³/mol. The molecule has 0 spiro atoms. The third-order valence-electron chi connectivity index (χ3n) is 1.94. The van der Waals surface area contributed by atoms with Crippen LogP contribution >= 0.6 is 23.5 Å². The molecule has 2 rings (SSSR count). The van der Waals surface area contributed by atoms with Crippen LogP contribution in [0.3, 0.4) is 0 Å². The summed E-state index contributed by atoms with van der Waals surface area (Å²) in [6, 6.07) is 5.98. The van der Waals surface area contributed by atoms with Crippen LogP contribution in [-0.2, 0) is 0 Å². The minimum absolute atomic E-state index is 0.254. The Balaban J connectivity index is 1.95. The fourth-order valence-corrected chi connectivity index (χ4v) is 3.41. The van der Waals surface area contributed by atoms with Crippen LogP contribution in [0.4, 0.5) is 10.1 Å². The number of hydrogen-bond acceptors (Lipinski definition) is 4. The first kappa shape index (κ1) is 11.7. The molecule has 1 aromatic carbocycles. The van der Waals surface area contributed by atoms with Crippen LogP contribution in [0.15, 0.2) is 44.9 Å². The van der Waals surface area contributed by atoms with Gasteiger partial charge in [-0.2, -0.15) is 10.2 Å². The summed E-state index contributed by atoms with van der Waals surface area (Å²) in [6.07, 6.45) is 3.03. The Morgan fingerprint density at radius 1 is 1.12 bits per heavy atom. The molecule has 0 aliphatic carbocycles. The maximum atomic E-state index is 12.6. The van der Waals surface area contributed by atoms with Crippen molar-refractivity contribution < 1.29 is 4.39 Å².